The van der Waals surface area contributed by atoms with Crippen molar-refractivity contribution in [3.8, 4) is 11.5 Å². The van der Waals surface area contributed by atoms with Gasteiger partial charge in [-0.15, -0.1) is 0 Å². The molecule has 2 aromatic carbocycles. The minimum atomic E-state index is -0.336. The largest absolute Gasteiger partial charge is 0.493 e. The Morgan fingerprint density at radius 2 is 1.82 bits per heavy atom. The second-order valence-corrected chi connectivity index (χ2v) is 8.04. The average molecular weight is 492 g/mol. The minimum Gasteiger partial charge on any atom is -0.493 e. The van der Waals surface area contributed by atoms with E-state index in [9.17, 15) is 5.11 Å². The maximum absolute atomic E-state index is 9.22. The van der Waals surface area contributed by atoms with Crippen LogP contribution < -0.4 is 20.1 Å². The van der Waals surface area contributed by atoms with Crippen molar-refractivity contribution in [2.45, 2.75) is 26.2 Å². The van der Waals surface area contributed by atoms with Crippen LogP contribution in [-0.2, 0) is 13.2 Å². The number of aliphatic hydroxyl groups is 1. The van der Waals surface area contributed by atoms with E-state index in [0.29, 0.717) is 41.2 Å². The van der Waals surface area contributed by atoms with E-state index in [-0.39, 0.29) is 6.10 Å². The van der Waals surface area contributed by atoms with Gasteiger partial charge in [-0.05, 0) is 58.2 Å². The fraction of sp³-hybridized carbons (Fsp3) is 0.400. The lowest BCUT2D eigenvalue weighted by atomic mass is 10.2. The van der Waals surface area contributed by atoms with Gasteiger partial charge in [0, 0.05) is 26.2 Å². The lowest BCUT2D eigenvalue weighted by Gasteiger charge is -2.15. The van der Waals surface area contributed by atoms with Crippen molar-refractivity contribution in [3.63, 3.8) is 0 Å². The van der Waals surface area contributed by atoms with E-state index in [1.54, 1.807) is 26.2 Å². The number of ether oxygens (including phenoxy) is 2. The molecule has 28 heavy (non-hydrogen) atoms. The Morgan fingerprint density at radius 1 is 1.07 bits per heavy atom. The zero-order valence-electron chi connectivity index (χ0n) is 15.9. The monoisotopic (exact) mass is 490 g/mol. The van der Waals surface area contributed by atoms with E-state index >= 15 is 0 Å². The van der Waals surface area contributed by atoms with Gasteiger partial charge in [0.2, 0.25) is 0 Å². The Morgan fingerprint density at radius 3 is 2.50 bits per heavy atom. The van der Waals surface area contributed by atoms with Crippen molar-refractivity contribution in [1.29, 1.82) is 0 Å². The first-order valence-electron chi connectivity index (χ1n) is 8.93. The fourth-order valence-corrected chi connectivity index (χ4v) is 3.45. The predicted molar refractivity (Wildman–Crippen MR) is 118 cm³/mol. The quantitative estimate of drug-likeness (QED) is 0.406. The van der Waals surface area contributed by atoms with Crippen molar-refractivity contribution >= 4 is 39.1 Å². The number of methoxy groups -OCH3 is 1. The van der Waals surface area contributed by atoms with Crippen molar-refractivity contribution in [2.24, 2.45) is 0 Å². The van der Waals surface area contributed by atoms with E-state index in [1.165, 1.54) is 0 Å². The third kappa shape index (κ3) is 7.43. The summed E-state index contributed by atoms with van der Waals surface area (Å²) in [7, 11) is 1.62. The predicted octanol–water partition coefficient (Wildman–Crippen LogP) is 4.40. The SMILES string of the molecule is COc1cc(CNCCNCC(C)O)cc(Br)c1OCc1ccc(Cl)c(Cl)c1. The summed E-state index contributed by atoms with van der Waals surface area (Å²) in [4.78, 5) is 0. The van der Waals surface area contributed by atoms with E-state index in [4.69, 9.17) is 32.7 Å². The zero-order chi connectivity index (χ0) is 20.5. The third-order valence-electron chi connectivity index (χ3n) is 3.90. The van der Waals surface area contributed by atoms with E-state index in [0.717, 1.165) is 28.7 Å². The second-order valence-electron chi connectivity index (χ2n) is 6.38. The highest BCUT2D eigenvalue weighted by Crippen LogP contribution is 2.37. The molecule has 0 aliphatic carbocycles. The van der Waals surface area contributed by atoms with Gasteiger partial charge in [0.05, 0.1) is 27.7 Å². The minimum absolute atomic E-state index is 0.336. The summed E-state index contributed by atoms with van der Waals surface area (Å²) in [5.74, 6) is 1.29. The van der Waals surface area contributed by atoms with Gasteiger partial charge in [0.15, 0.2) is 11.5 Å². The Kier molecular flexibility index (Phi) is 9.85. The van der Waals surface area contributed by atoms with Crippen molar-refractivity contribution in [2.75, 3.05) is 26.7 Å². The standard InChI is InChI=1S/C20H25BrCl2N2O3/c1-13(26)10-24-5-6-25-11-15-7-16(21)20(19(9-15)27-2)28-12-14-3-4-17(22)18(23)8-14/h3-4,7-9,13,24-26H,5-6,10-12H2,1-2H3. The number of halogens is 3. The molecule has 0 aliphatic rings. The lowest BCUT2D eigenvalue weighted by Crippen LogP contribution is -2.31. The molecular weight excluding hydrogens is 467 g/mol. The number of benzene rings is 2. The summed E-state index contributed by atoms with van der Waals surface area (Å²) in [6.07, 6.45) is -0.336. The van der Waals surface area contributed by atoms with Gasteiger partial charge in [-0.25, -0.2) is 0 Å². The molecule has 5 nitrogen and oxygen atoms in total. The maximum atomic E-state index is 9.22. The lowest BCUT2D eigenvalue weighted by molar-refractivity contribution is 0.191. The van der Waals surface area contributed by atoms with Gasteiger partial charge in [0.1, 0.15) is 6.61 Å². The molecular formula is C20H25BrCl2N2O3. The fourth-order valence-electron chi connectivity index (χ4n) is 2.52. The van der Waals surface area contributed by atoms with Crippen LogP contribution in [-0.4, -0.2) is 38.0 Å². The number of hydrogen-bond donors (Lipinski definition) is 3. The number of rotatable bonds is 11. The summed E-state index contributed by atoms with van der Waals surface area (Å²) in [6, 6.07) is 9.36. The molecule has 0 fully saturated rings. The molecule has 0 radical (unpaired) electrons. The van der Waals surface area contributed by atoms with Crippen LogP contribution in [0, 0.1) is 0 Å². The van der Waals surface area contributed by atoms with Gasteiger partial charge in [-0.2, -0.15) is 0 Å². The van der Waals surface area contributed by atoms with Crippen LogP contribution in [0.3, 0.4) is 0 Å². The summed E-state index contributed by atoms with van der Waals surface area (Å²) >= 11 is 15.6. The third-order valence-corrected chi connectivity index (χ3v) is 5.23. The van der Waals surface area contributed by atoms with Crippen molar-refractivity contribution in [1.82, 2.24) is 10.6 Å². The molecule has 0 aliphatic heterocycles. The van der Waals surface area contributed by atoms with Crippen LogP contribution in [0.1, 0.15) is 18.1 Å². The molecule has 0 spiro atoms. The van der Waals surface area contributed by atoms with Gasteiger partial charge < -0.3 is 25.2 Å². The normalized spacial score (nSPS) is 12.1. The van der Waals surface area contributed by atoms with E-state index < -0.39 is 0 Å². The topological polar surface area (TPSA) is 62.8 Å². The molecule has 3 N–H and O–H groups in total. The zero-order valence-corrected chi connectivity index (χ0v) is 19.0. The molecule has 0 saturated carbocycles. The summed E-state index contributed by atoms with van der Waals surface area (Å²) in [5.41, 5.74) is 1.99. The molecule has 0 amide bonds. The van der Waals surface area contributed by atoms with Crippen LogP contribution in [0.25, 0.3) is 0 Å². The van der Waals surface area contributed by atoms with Crippen LogP contribution in [0.2, 0.25) is 10.0 Å². The summed E-state index contributed by atoms with van der Waals surface area (Å²) < 4.78 is 12.3. The van der Waals surface area contributed by atoms with Crippen molar-refractivity contribution in [3.05, 3.63) is 56.0 Å². The smallest absolute Gasteiger partial charge is 0.175 e. The number of nitrogens with one attached hydrogen (secondary N) is 2. The van der Waals surface area contributed by atoms with Crippen molar-refractivity contribution < 1.29 is 14.6 Å². The number of hydrogen-bond acceptors (Lipinski definition) is 5. The summed E-state index contributed by atoms with van der Waals surface area (Å²) in [5, 5.41) is 16.8. The molecule has 0 aromatic heterocycles. The molecule has 2 aromatic rings. The molecule has 1 atom stereocenters. The highest BCUT2D eigenvalue weighted by molar-refractivity contribution is 9.10. The van der Waals surface area contributed by atoms with Gasteiger partial charge in [-0.3, -0.25) is 0 Å². The van der Waals surface area contributed by atoms with Gasteiger partial charge in [0.25, 0.3) is 0 Å². The first-order valence-corrected chi connectivity index (χ1v) is 10.5. The molecule has 154 valence electrons. The second kappa shape index (κ2) is 11.9. The van der Waals surface area contributed by atoms with Gasteiger partial charge in [-0.1, -0.05) is 29.3 Å². The van der Waals surface area contributed by atoms with Crippen LogP contribution >= 0.6 is 39.1 Å². The molecule has 2 rings (SSSR count). The van der Waals surface area contributed by atoms with Crippen LogP contribution in [0.15, 0.2) is 34.8 Å². The highest BCUT2D eigenvalue weighted by atomic mass is 79.9. The maximum Gasteiger partial charge on any atom is 0.175 e. The Balaban J connectivity index is 1.93. The first kappa shape index (κ1) is 23.3. The van der Waals surface area contributed by atoms with E-state index in [1.807, 2.05) is 18.2 Å². The Labute approximate surface area is 184 Å². The molecule has 8 heteroatoms. The first-order chi connectivity index (χ1) is 13.4. The summed E-state index contributed by atoms with van der Waals surface area (Å²) in [6.45, 7) is 4.97. The molecule has 0 saturated heterocycles. The Hall–Kier alpha value is -1.02. The van der Waals surface area contributed by atoms with Crippen LogP contribution in [0.4, 0.5) is 0 Å². The van der Waals surface area contributed by atoms with Crippen LogP contribution in [0.5, 0.6) is 11.5 Å². The highest BCUT2D eigenvalue weighted by Gasteiger charge is 2.12. The number of aliphatic hydroxyl groups excluding tert-OH is 1. The molecule has 0 heterocycles. The molecule has 0 bridgehead atoms. The molecule has 1 unspecified atom stereocenters. The van der Waals surface area contributed by atoms with Gasteiger partial charge >= 0.3 is 0 Å². The van der Waals surface area contributed by atoms with E-state index in [2.05, 4.69) is 26.6 Å². The Bertz CT molecular complexity index is 775. The average Bonchev–Trinajstić information content (AvgIpc) is 2.65.